The van der Waals surface area contributed by atoms with Gasteiger partial charge < -0.3 is 37.9 Å². The molecular formula is C96H76N4O8. The van der Waals surface area contributed by atoms with Crippen molar-refractivity contribution in [3.05, 3.63) is 378 Å². The smallest absolute Gasteiger partial charge is 0.126 e. The molecule has 108 heavy (non-hydrogen) atoms. The first kappa shape index (κ1) is 72.3. The molecular weight excluding hydrogens is 1340 g/mol. The quantitative estimate of drug-likeness (QED) is 0.0415. The summed E-state index contributed by atoms with van der Waals surface area (Å²) in [4.78, 5) is 0. The average Bonchev–Trinajstić information content (AvgIpc) is 0.764. The van der Waals surface area contributed by atoms with Crippen molar-refractivity contribution in [3.63, 3.8) is 0 Å². The van der Waals surface area contributed by atoms with Crippen LogP contribution in [0.25, 0.3) is 46.6 Å². The number of nitriles is 4. The Morgan fingerprint density at radius 3 is 0.593 bits per heavy atom. The van der Waals surface area contributed by atoms with Gasteiger partial charge in [-0.15, -0.1) is 0 Å². The highest BCUT2D eigenvalue weighted by atomic mass is 16.5. The zero-order valence-corrected chi connectivity index (χ0v) is 60.4. The Bertz CT molecular complexity index is 4710. The van der Waals surface area contributed by atoms with Gasteiger partial charge in [0, 0.05) is 25.7 Å². The van der Waals surface area contributed by atoms with Crippen LogP contribution in [0, 0.1) is 45.3 Å². The van der Waals surface area contributed by atoms with Gasteiger partial charge in [0.25, 0.3) is 0 Å². The molecule has 0 N–H and O–H groups in total. The molecule has 12 nitrogen and oxygen atoms in total. The van der Waals surface area contributed by atoms with E-state index in [0.717, 1.165) is 44.5 Å². The first-order valence-electron chi connectivity index (χ1n) is 35.4. The van der Waals surface area contributed by atoms with Crippen LogP contribution in [0.1, 0.15) is 111 Å². The van der Waals surface area contributed by atoms with Gasteiger partial charge in [0.15, 0.2) is 0 Å². The monoisotopic (exact) mass is 1410 g/mol. The Kier molecular flexibility index (Phi) is 23.4. The van der Waals surface area contributed by atoms with E-state index in [0.29, 0.717) is 135 Å². The van der Waals surface area contributed by atoms with Crippen molar-refractivity contribution >= 4 is 46.6 Å². The summed E-state index contributed by atoms with van der Waals surface area (Å²) in [6.07, 6.45) is 8.02. The van der Waals surface area contributed by atoms with Gasteiger partial charge in [-0.25, -0.2) is 0 Å². The van der Waals surface area contributed by atoms with E-state index in [1.54, 1.807) is 28.4 Å². The molecule has 12 aromatic carbocycles. The third-order valence-corrected chi connectivity index (χ3v) is 18.8. The summed E-state index contributed by atoms with van der Waals surface area (Å²) in [6.45, 7) is 0.631. The molecule has 12 aromatic rings. The molecule has 0 radical (unpaired) electrons. The molecule has 13 rings (SSSR count). The average molecular weight is 1410 g/mol. The van der Waals surface area contributed by atoms with Gasteiger partial charge in [0.2, 0.25) is 0 Å². The van der Waals surface area contributed by atoms with E-state index in [4.69, 9.17) is 37.9 Å². The highest BCUT2D eigenvalue weighted by molar-refractivity contribution is 5.94. The minimum atomic E-state index is 0.135. The first-order valence-corrected chi connectivity index (χ1v) is 35.4. The lowest BCUT2D eigenvalue weighted by molar-refractivity contribution is 0.293. The molecule has 528 valence electrons. The summed E-state index contributed by atoms with van der Waals surface area (Å²) < 4.78 is 51.9. The molecule has 0 unspecified atom stereocenters. The molecule has 1 aliphatic rings. The fraction of sp³-hybridized carbons (Fsp3) is 0.125. The number of fused-ring (bicyclic) bond motifs is 8. The molecule has 0 saturated carbocycles. The standard InChI is InChI=1S/C96H76N4O8/c1-101-89-33-25-65(26-34-89)41-85(57-97)73-45-77-53-79-47-74(86(58-98)42-66-27-35-90(102-2)36-28-66)49-81(94(79)106-62-70-19-11-6-12-20-70)55-83-51-76(88(60-100)44-68-31-39-92(104-4)40-32-68)52-84(96(83)108-64-72-23-15-8-16-24-72)56-82-50-75(87(59-99)43-67-29-37-91(103-3)38-30-67)48-80(95(82)107-63-71-21-13-7-14-22-71)54-78(46-73)93(77)105-61-69-17-9-5-10-18-69/h5-52H,53-56,61-64H2,1-4H3/b85-41+,86-42+,87-43+,88-44+. The van der Waals surface area contributed by atoms with E-state index in [9.17, 15) is 21.0 Å². The SMILES string of the molecule is COc1ccc(/C=C(\C#N)c2cc3c(OCc4ccccc4)c(c2)Cc2cc(/C(C#N)=C/c4ccc(OC)cc4)cc(c2OCc2ccccc2)Cc2cc(/C(C#N)=C/c4ccc(OC)cc4)cc(c2OCc2ccccc2)Cc2cc(/C(C#N)=C/c4ccc(OC)cc4)cc(c2OCc2ccccc2)C3)cc1. The molecule has 8 bridgehead atoms. The molecule has 0 aliphatic heterocycles. The zero-order valence-electron chi connectivity index (χ0n) is 60.4. The van der Waals surface area contributed by atoms with E-state index < -0.39 is 0 Å². The van der Waals surface area contributed by atoms with Crippen LogP contribution in [0.15, 0.2) is 267 Å². The summed E-state index contributed by atoms with van der Waals surface area (Å²) in [5, 5.41) is 46.4. The van der Waals surface area contributed by atoms with Gasteiger partial charge in [-0.3, -0.25) is 0 Å². The third-order valence-electron chi connectivity index (χ3n) is 18.8. The van der Waals surface area contributed by atoms with E-state index in [1.807, 2.05) is 291 Å². The Labute approximate surface area is 631 Å². The lowest BCUT2D eigenvalue weighted by Gasteiger charge is -2.25. The number of methoxy groups -OCH3 is 4. The topological polar surface area (TPSA) is 169 Å². The normalized spacial score (nSPS) is 12.1. The summed E-state index contributed by atoms with van der Waals surface area (Å²) in [5.41, 5.74) is 16.2. The van der Waals surface area contributed by atoms with E-state index in [1.165, 1.54) is 0 Å². The predicted molar refractivity (Wildman–Crippen MR) is 426 cm³/mol. The van der Waals surface area contributed by atoms with Crippen LogP contribution in [-0.4, -0.2) is 28.4 Å². The number of nitrogens with zero attached hydrogens (tertiary/aromatic N) is 4. The first-order chi connectivity index (χ1) is 53.1. The second kappa shape index (κ2) is 35.0. The molecule has 0 atom stereocenters. The van der Waals surface area contributed by atoms with E-state index >= 15 is 0 Å². The van der Waals surface area contributed by atoms with Crippen LogP contribution in [0.4, 0.5) is 0 Å². The lowest BCUT2D eigenvalue weighted by atomic mass is 9.86. The van der Waals surface area contributed by atoms with Crippen molar-refractivity contribution in [1.82, 2.24) is 0 Å². The van der Waals surface area contributed by atoms with Crippen LogP contribution < -0.4 is 37.9 Å². The van der Waals surface area contributed by atoms with Crippen LogP contribution in [0.5, 0.6) is 46.0 Å². The number of allylic oxidation sites excluding steroid dienone is 4. The minimum Gasteiger partial charge on any atom is -0.497 e. The Balaban J connectivity index is 1.17. The van der Waals surface area contributed by atoms with Gasteiger partial charge in [0.1, 0.15) is 72.4 Å². The van der Waals surface area contributed by atoms with Gasteiger partial charge >= 0.3 is 0 Å². The van der Waals surface area contributed by atoms with Crippen molar-refractivity contribution in [3.8, 4) is 70.3 Å². The summed E-state index contributed by atoms with van der Waals surface area (Å²) in [7, 11) is 6.48. The largest absolute Gasteiger partial charge is 0.497 e. The Morgan fingerprint density at radius 1 is 0.259 bits per heavy atom. The van der Waals surface area contributed by atoms with Crippen molar-refractivity contribution in [2.24, 2.45) is 0 Å². The van der Waals surface area contributed by atoms with E-state index in [-0.39, 0.29) is 52.1 Å². The van der Waals surface area contributed by atoms with Gasteiger partial charge in [-0.1, -0.05) is 170 Å². The summed E-state index contributed by atoms with van der Waals surface area (Å²) >= 11 is 0. The molecule has 0 amide bonds. The van der Waals surface area contributed by atoms with Crippen LogP contribution in [0.3, 0.4) is 0 Å². The number of ether oxygens (including phenoxy) is 8. The molecule has 0 spiro atoms. The third kappa shape index (κ3) is 17.9. The highest BCUT2D eigenvalue weighted by Gasteiger charge is 2.28. The van der Waals surface area contributed by atoms with Crippen molar-refractivity contribution in [2.75, 3.05) is 28.4 Å². The second-order valence-corrected chi connectivity index (χ2v) is 26.1. The van der Waals surface area contributed by atoms with Crippen LogP contribution in [0.2, 0.25) is 0 Å². The Morgan fingerprint density at radius 2 is 0.435 bits per heavy atom. The molecule has 0 heterocycles. The molecule has 12 heteroatoms. The molecule has 0 fully saturated rings. The van der Waals surface area contributed by atoms with E-state index in [2.05, 4.69) is 24.3 Å². The fourth-order valence-corrected chi connectivity index (χ4v) is 13.4. The maximum atomic E-state index is 11.6. The van der Waals surface area contributed by atoms with Gasteiger partial charge in [-0.05, 0) is 233 Å². The molecule has 0 aromatic heterocycles. The molecule has 0 saturated heterocycles. The number of hydrogen-bond acceptors (Lipinski definition) is 12. The molecule has 1 aliphatic carbocycles. The van der Waals surface area contributed by atoms with Crippen LogP contribution >= 0.6 is 0 Å². The van der Waals surface area contributed by atoms with Gasteiger partial charge in [-0.2, -0.15) is 21.0 Å². The number of benzene rings is 12. The summed E-state index contributed by atoms with van der Waals surface area (Å²) in [6, 6.07) is 96.8. The number of hydrogen-bond donors (Lipinski definition) is 0. The van der Waals surface area contributed by atoms with Gasteiger partial charge in [0.05, 0.1) is 75.0 Å². The van der Waals surface area contributed by atoms with Crippen LogP contribution in [-0.2, 0) is 52.1 Å². The predicted octanol–water partition coefficient (Wildman–Crippen LogP) is 21.0. The fourth-order valence-electron chi connectivity index (χ4n) is 13.4. The Hall–Kier alpha value is -14.0. The lowest BCUT2D eigenvalue weighted by Crippen LogP contribution is -2.11. The zero-order chi connectivity index (χ0) is 74.6. The second-order valence-electron chi connectivity index (χ2n) is 26.1. The van der Waals surface area contributed by atoms with Crippen molar-refractivity contribution < 1.29 is 37.9 Å². The maximum absolute atomic E-state index is 11.6. The highest BCUT2D eigenvalue weighted by Crippen LogP contribution is 2.45. The minimum absolute atomic E-state index is 0.135. The maximum Gasteiger partial charge on any atom is 0.126 e. The number of rotatable bonds is 24. The summed E-state index contributed by atoms with van der Waals surface area (Å²) in [5.74, 6) is 4.85. The van der Waals surface area contributed by atoms with Crippen molar-refractivity contribution in [1.29, 1.82) is 21.0 Å². The van der Waals surface area contributed by atoms with Crippen molar-refractivity contribution in [2.45, 2.75) is 52.1 Å².